The van der Waals surface area contributed by atoms with Crippen LogP contribution in [-0.2, 0) is 4.79 Å². The lowest BCUT2D eigenvalue weighted by atomic mass is 10.2. The van der Waals surface area contributed by atoms with Gasteiger partial charge in [-0.15, -0.1) is 0 Å². The van der Waals surface area contributed by atoms with Gasteiger partial charge in [-0.3, -0.25) is 10.1 Å². The number of nitrogens with one attached hydrogen (secondary N) is 1. The maximum Gasteiger partial charge on any atom is 0.250 e. The number of anilines is 1. The molecule has 0 bridgehead atoms. The molecule has 5 nitrogen and oxygen atoms in total. The summed E-state index contributed by atoms with van der Waals surface area (Å²) in [6.45, 7) is 1.94. The van der Waals surface area contributed by atoms with Crippen LogP contribution in [0.4, 0.5) is 5.13 Å². The zero-order valence-electron chi connectivity index (χ0n) is 12.9. The Bertz CT molecular complexity index is 883. The zero-order valence-corrected chi connectivity index (χ0v) is 15.3. The topological polar surface area (TPSA) is 67.8 Å². The summed E-state index contributed by atoms with van der Waals surface area (Å²) < 4.78 is 0.984. The highest BCUT2D eigenvalue weighted by molar-refractivity contribution is 7.98. The van der Waals surface area contributed by atoms with Crippen LogP contribution in [0.15, 0.2) is 35.8 Å². The van der Waals surface area contributed by atoms with Gasteiger partial charge in [0.15, 0.2) is 10.3 Å². The van der Waals surface area contributed by atoms with Gasteiger partial charge in [-0.05, 0) is 37.0 Å². The van der Waals surface area contributed by atoms with Gasteiger partial charge in [0.25, 0.3) is 0 Å². The number of hydrogen-bond donors (Lipinski definition) is 1. The molecule has 0 atom stereocenters. The monoisotopic (exact) mass is 376 g/mol. The van der Waals surface area contributed by atoms with Gasteiger partial charge in [-0.1, -0.05) is 34.7 Å². The molecule has 24 heavy (non-hydrogen) atoms. The van der Waals surface area contributed by atoms with E-state index in [9.17, 15) is 4.79 Å². The number of carbonyl (C=O) groups excluding carboxylic acids is 1. The second-order valence-electron chi connectivity index (χ2n) is 4.91. The highest BCUT2D eigenvalue weighted by Gasteiger charge is 2.08. The summed E-state index contributed by atoms with van der Waals surface area (Å²) in [6.07, 6.45) is 8.34. The fourth-order valence-electron chi connectivity index (χ4n) is 1.94. The average molecular weight is 377 g/mol. The Morgan fingerprint density at radius 2 is 2.08 bits per heavy atom. The van der Waals surface area contributed by atoms with Gasteiger partial charge in [-0.2, -0.15) is 0 Å². The Labute approximate surface area is 152 Å². The van der Waals surface area contributed by atoms with Crippen molar-refractivity contribution in [3.8, 4) is 0 Å². The van der Waals surface area contributed by atoms with Crippen molar-refractivity contribution in [2.75, 3.05) is 11.6 Å². The molecular formula is C16H13ClN4OS2. The van der Waals surface area contributed by atoms with E-state index in [0.29, 0.717) is 15.3 Å². The van der Waals surface area contributed by atoms with E-state index < -0.39 is 0 Å². The molecule has 122 valence electrons. The molecule has 0 unspecified atom stereocenters. The highest BCUT2D eigenvalue weighted by atomic mass is 35.5. The lowest BCUT2D eigenvalue weighted by molar-refractivity contribution is -0.111. The SMILES string of the molecule is CSc1ncc(/C=C/C(=O)Nc2nc3cc(Cl)c(C)cc3s2)cn1. The molecule has 0 saturated heterocycles. The number of halogens is 1. The third-order valence-corrected chi connectivity index (χ3v) is 5.07. The van der Waals surface area contributed by atoms with Gasteiger partial charge in [0.2, 0.25) is 5.91 Å². The maximum atomic E-state index is 12.0. The second kappa shape index (κ2) is 7.29. The third-order valence-electron chi connectivity index (χ3n) is 3.16. The number of carbonyl (C=O) groups is 1. The van der Waals surface area contributed by atoms with E-state index in [0.717, 1.165) is 21.3 Å². The standard InChI is InChI=1S/C16H13ClN4OS2/c1-9-5-13-12(6-11(9)17)20-16(24-13)21-14(22)4-3-10-7-18-15(23-2)19-8-10/h3-8H,1-2H3,(H,20,21,22)/b4-3+. The second-order valence-corrected chi connectivity index (χ2v) is 7.13. The van der Waals surface area contributed by atoms with Gasteiger partial charge in [0, 0.05) is 29.1 Å². The van der Waals surface area contributed by atoms with Gasteiger partial charge < -0.3 is 0 Å². The highest BCUT2D eigenvalue weighted by Crippen LogP contribution is 2.30. The summed E-state index contributed by atoms with van der Waals surface area (Å²) in [5.41, 5.74) is 2.52. The maximum absolute atomic E-state index is 12.0. The third kappa shape index (κ3) is 3.92. The molecule has 3 aromatic rings. The Kier molecular flexibility index (Phi) is 5.13. The first-order valence-electron chi connectivity index (χ1n) is 6.97. The predicted octanol–water partition coefficient (Wildman–Crippen LogP) is 4.42. The van der Waals surface area contributed by atoms with Crippen molar-refractivity contribution >= 4 is 62.0 Å². The summed E-state index contributed by atoms with van der Waals surface area (Å²) in [4.78, 5) is 24.7. The van der Waals surface area contributed by atoms with Crippen molar-refractivity contribution in [2.24, 2.45) is 0 Å². The normalized spacial score (nSPS) is 11.3. The average Bonchev–Trinajstić information content (AvgIpc) is 2.94. The number of rotatable bonds is 4. The Balaban J connectivity index is 1.70. The van der Waals surface area contributed by atoms with Gasteiger partial charge in [0.1, 0.15) is 0 Å². The Morgan fingerprint density at radius 1 is 1.33 bits per heavy atom. The summed E-state index contributed by atoms with van der Waals surface area (Å²) in [6, 6.07) is 3.77. The van der Waals surface area contributed by atoms with Gasteiger partial charge >= 0.3 is 0 Å². The van der Waals surface area contributed by atoms with E-state index >= 15 is 0 Å². The van der Waals surface area contributed by atoms with Crippen LogP contribution in [0.3, 0.4) is 0 Å². The lowest BCUT2D eigenvalue weighted by Crippen LogP contribution is -2.07. The van der Waals surface area contributed by atoms with Crippen LogP contribution in [0.5, 0.6) is 0 Å². The molecule has 2 heterocycles. The minimum absolute atomic E-state index is 0.259. The van der Waals surface area contributed by atoms with E-state index in [4.69, 9.17) is 11.6 Å². The summed E-state index contributed by atoms with van der Waals surface area (Å²) in [5, 5.41) is 4.65. The molecule has 8 heteroatoms. The van der Waals surface area contributed by atoms with E-state index in [1.807, 2.05) is 19.2 Å². The number of amides is 1. The summed E-state index contributed by atoms with van der Waals surface area (Å²) in [7, 11) is 0. The number of hydrogen-bond acceptors (Lipinski definition) is 6. The first-order chi connectivity index (χ1) is 11.5. The molecule has 1 N–H and O–H groups in total. The predicted molar refractivity (Wildman–Crippen MR) is 101 cm³/mol. The summed E-state index contributed by atoms with van der Waals surface area (Å²) in [5.74, 6) is -0.259. The van der Waals surface area contributed by atoms with Crippen molar-refractivity contribution in [3.05, 3.63) is 46.8 Å². The molecule has 0 aliphatic heterocycles. The molecular weight excluding hydrogens is 364 g/mol. The zero-order chi connectivity index (χ0) is 17.1. The van der Waals surface area contributed by atoms with Gasteiger partial charge in [0.05, 0.1) is 10.2 Å². The number of aromatic nitrogens is 3. The molecule has 0 aliphatic rings. The molecule has 0 saturated carbocycles. The number of thioether (sulfide) groups is 1. The molecule has 0 radical (unpaired) electrons. The van der Waals surface area contributed by atoms with Gasteiger partial charge in [-0.25, -0.2) is 15.0 Å². The van der Waals surface area contributed by atoms with Crippen LogP contribution in [0.25, 0.3) is 16.3 Å². The lowest BCUT2D eigenvalue weighted by Gasteiger charge is -1.96. The van der Waals surface area contributed by atoms with E-state index in [1.165, 1.54) is 29.2 Å². The molecule has 3 rings (SSSR count). The van der Waals surface area contributed by atoms with Crippen LogP contribution in [0, 0.1) is 6.92 Å². The quantitative estimate of drug-likeness (QED) is 0.414. The summed E-state index contributed by atoms with van der Waals surface area (Å²) >= 11 is 8.97. The van der Waals surface area contributed by atoms with Crippen LogP contribution >= 0.6 is 34.7 Å². The molecule has 1 amide bonds. The molecule has 0 spiro atoms. The van der Waals surface area contributed by atoms with Crippen molar-refractivity contribution < 1.29 is 4.79 Å². The molecule has 0 aliphatic carbocycles. The number of benzene rings is 1. The Morgan fingerprint density at radius 3 is 2.79 bits per heavy atom. The van der Waals surface area contributed by atoms with Crippen molar-refractivity contribution in [1.82, 2.24) is 15.0 Å². The fraction of sp³-hybridized carbons (Fsp3) is 0.125. The number of nitrogens with zero attached hydrogens (tertiary/aromatic N) is 3. The first-order valence-corrected chi connectivity index (χ1v) is 9.39. The Hall–Kier alpha value is -1.96. The number of thiazole rings is 1. The smallest absolute Gasteiger partial charge is 0.250 e. The molecule has 1 aromatic carbocycles. The number of fused-ring (bicyclic) bond motifs is 1. The molecule has 0 fully saturated rings. The van der Waals surface area contributed by atoms with E-state index in [-0.39, 0.29) is 5.91 Å². The largest absolute Gasteiger partial charge is 0.298 e. The van der Waals surface area contributed by atoms with Crippen molar-refractivity contribution in [3.63, 3.8) is 0 Å². The van der Waals surface area contributed by atoms with Crippen LogP contribution in [0.1, 0.15) is 11.1 Å². The number of aryl methyl sites for hydroxylation is 1. The van der Waals surface area contributed by atoms with E-state index in [2.05, 4.69) is 20.3 Å². The van der Waals surface area contributed by atoms with E-state index in [1.54, 1.807) is 24.5 Å². The minimum Gasteiger partial charge on any atom is -0.298 e. The van der Waals surface area contributed by atoms with Crippen LogP contribution in [0.2, 0.25) is 5.02 Å². The van der Waals surface area contributed by atoms with Crippen LogP contribution < -0.4 is 5.32 Å². The van der Waals surface area contributed by atoms with Crippen molar-refractivity contribution in [2.45, 2.75) is 12.1 Å². The van der Waals surface area contributed by atoms with Crippen molar-refractivity contribution in [1.29, 1.82) is 0 Å². The minimum atomic E-state index is -0.259. The van der Waals surface area contributed by atoms with Crippen LogP contribution in [-0.4, -0.2) is 27.1 Å². The fourth-order valence-corrected chi connectivity index (χ4v) is 3.36. The first kappa shape index (κ1) is 16.9. The molecule has 2 aromatic heterocycles.